The molecular weight excluding hydrogens is 693 g/mol. The number of hydrogen-bond acceptors (Lipinski definition) is 8. The Balaban J connectivity index is 1.19. The van der Waals surface area contributed by atoms with Gasteiger partial charge in [0.05, 0.1) is 29.6 Å². The topological polar surface area (TPSA) is 144 Å². The Hall–Kier alpha value is -3.41. The van der Waals surface area contributed by atoms with Gasteiger partial charge in [0.2, 0.25) is 21.8 Å². The lowest BCUT2D eigenvalue weighted by molar-refractivity contribution is -0.143. The van der Waals surface area contributed by atoms with Crippen molar-refractivity contribution in [3.8, 4) is 11.5 Å². The number of aromatic nitrogens is 1. The number of fused-ring (bicyclic) bond motifs is 3. The summed E-state index contributed by atoms with van der Waals surface area (Å²) in [5.74, 6) is 1.02. The Morgan fingerprint density at radius 2 is 1.77 bits per heavy atom. The van der Waals surface area contributed by atoms with E-state index in [1.54, 1.807) is 25.9 Å². The van der Waals surface area contributed by atoms with Crippen LogP contribution in [-0.4, -0.2) is 72.1 Å². The molecule has 6 rings (SSSR count). The predicted octanol–water partition coefficient (Wildman–Crippen LogP) is 6.53. The van der Waals surface area contributed by atoms with Crippen LogP contribution in [0.1, 0.15) is 136 Å². The summed E-state index contributed by atoms with van der Waals surface area (Å²) >= 11 is 0. The van der Waals surface area contributed by atoms with E-state index in [0.29, 0.717) is 32.1 Å². The maximum atomic E-state index is 14.0. The molecule has 3 fully saturated rings. The number of nitrogens with zero attached hydrogens (tertiary/aromatic N) is 2. The minimum Gasteiger partial charge on any atom is -0.497 e. The maximum absolute atomic E-state index is 14.0. The van der Waals surface area contributed by atoms with E-state index in [-0.39, 0.29) is 30.4 Å². The van der Waals surface area contributed by atoms with Gasteiger partial charge in [0, 0.05) is 17.4 Å². The third-order valence-electron chi connectivity index (χ3n) is 11.9. The molecule has 0 unspecified atom stereocenters. The highest BCUT2D eigenvalue weighted by Crippen LogP contribution is 2.44. The van der Waals surface area contributed by atoms with Gasteiger partial charge in [-0.2, -0.15) is 0 Å². The Morgan fingerprint density at radius 1 is 1.06 bits per heavy atom. The van der Waals surface area contributed by atoms with Gasteiger partial charge in [-0.05, 0) is 94.7 Å². The van der Waals surface area contributed by atoms with Gasteiger partial charge in [-0.3, -0.25) is 19.1 Å². The molecular formula is C41H60N4O7S. The number of carbonyl (C=O) groups excluding carboxylic acids is 3. The van der Waals surface area contributed by atoms with E-state index in [1.165, 1.54) is 38.5 Å². The Bertz CT molecular complexity index is 1810. The van der Waals surface area contributed by atoms with Crippen molar-refractivity contribution < 1.29 is 32.3 Å². The molecule has 11 nitrogen and oxygen atoms in total. The molecule has 53 heavy (non-hydrogen) atoms. The lowest BCUT2D eigenvalue weighted by Crippen LogP contribution is -2.58. The van der Waals surface area contributed by atoms with E-state index in [2.05, 4.69) is 10.0 Å². The van der Waals surface area contributed by atoms with Crippen molar-refractivity contribution in [1.29, 1.82) is 0 Å². The van der Waals surface area contributed by atoms with E-state index in [9.17, 15) is 22.8 Å². The minimum atomic E-state index is -3.86. The quantitative estimate of drug-likeness (QED) is 0.184. The van der Waals surface area contributed by atoms with Gasteiger partial charge in [-0.1, -0.05) is 65.7 Å². The summed E-state index contributed by atoms with van der Waals surface area (Å²) in [5, 5.41) is 3.83. The lowest BCUT2D eigenvalue weighted by atomic mass is 9.91. The van der Waals surface area contributed by atoms with E-state index < -0.39 is 38.2 Å². The molecule has 1 aromatic carbocycles. The number of sulfonamides is 1. The maximum Gasteiger partial charge on any atom is 0.259 e. The second kappa shape index (κ2) is 15.4. The standard InChI is InChI=1S/C41H60N4O7S/c1-27(37(47)43-41(22-23-41)38(48)44-53(49,50)40(5)20-21-40)45(35(46)25-39(2,3)4)26-30-16-18-31-32-24-29(51-6)17-19-33(32)42-34(36(31)52-30)15-9-7-8-12-28-13-10-11-14-28/h17,19,24,27-28,30H,7-16,18,20-23,25-26H2,1-6H3,(H,43,47)(H,44,48)/t27-,30-/m0/s1. The number of rotatable bonds is 16. The van der Waals surface area contributed by atoms with Crippen LogP contribution in [0.3, 0.4) is 0 Å². The van der Waals surface area contributed by atoms with Gasteiger partial charge >= 0.3 is 0 Å². The number of benzene rings is 1. The number of ether oxygens (including phenoxy) is 2. The molecule has 4 aliphatic rings. The highest BCUT2D eigenvalue weighted by Gasteiger charge is 2.57. The number of unbranched alkanes of at least 4 members (excludes halogenated alkanes) is 2. The van der Waals surface area contributed by atoms with E-state index in [0.717, 1.165) is 65.3 Å². The van der Waals surface area contributed by atoms with Crippen molar-refractivity contribution in [3.05, 3.63) is 29.5 Å². The molecule has 0 radical (unpaired) electrons. The zero-order valence-corrected chi connectivity index (χ0v) is 33.5. The van der Waals surface area contributed by atoms with Crippen LogP contribution >= 0.6 is 0 Å². The summed E-state index contributed by atoms with van der Waals surface area (Å²) in [6.07, 6.45) is 13.8. The first-order chi connectivity index (χ1) is 25.0. The van der Waals surface area contributed by atoms with Gasteiger partial charge in [0.1, 0.15) is 29.2 Å². The second-order valence-corrected chi connectivity index (χ2v) is 19.9. The Morgan fingerprint density at radius 3 is 2.42 bits per heavy atom. The third kappa shape index (κ3) is 9.11. The first-order valence-corrected chi connectivity index (χ1v) is 21.4. The molecule has 0 spiro atoms. The molecule has 0 saturated heterocycles. The second-order valence-electron chi connectivity index (χ2n) is 17.7. The first-order valence-electron chi connectivity index (χ1n) is 19.9. The van der Waals surface area contributed by atoms with Gasteiger partial charge in [0.15, 0.2) is 0 Å². The minimum absolute atomic E-state index is 0.183. The van der Waals surface area contributed by atoms with Crippen molar-refractivity contribution in [2.45, 2.75) is 160 Å². The molecule has 2 atom stereocenters. The van der Waals surface area contributed by atoms with Crippen molar-refractivity contribution in [3.63, 3.8) is 0 Å². The fourth-order valence-electron chi connectivity index (χ4n) is 7.95. The first kappa shape index (κ1) is 39.3. The predicted molar refractivity (Wildman–Crippen MR) is 205 cm³/mol. The molecule has 2 aromatic rings. The molecule has 1 aromatic heterocycles. The molecule has 0 bridgehead atoms. The van der Waals surface area contributed by atoms with Gasteiger partial charge < -0.3 is 19.7 Å². The van der Waals surface area contributed by atoms with Crippen molar-refractivity contribution in [2.75, 3.05) is 13.7 Å². The van der Waals surface area contributed by atoms with Crippen molar-refractivity contribution in [2.24, 2.45) is 11.3 Å². The van der Waals surface area contributed by atoms with Crippen LogP contribution < -0.4 is 19.5 Å². The number of pyridine rings is 1. The molecule has 3 aliphatic carbocycles. The highest BCUT2D eigenvalue weighted by atomic mass is 32.2. The zero-order chi connectivity index (χ0) is 38.2. The van der Waals surface area contributed by atoms with Crippen LogP contribution in [0.15, 0.2) is 18.2 Å². The van der Waals surface area contributed by atoms with Crippen LogP contribution in [0.25, 0.3) is 10.9 Å². The summed E-state index contributed by atoms with van der Waals surface area (Å²) in [7, 11) is -2.20. The third-order valence-corrected chi connectivity index (χ3v) is 14.1. The van der Waals surface area contributed by atoms with E-state index in [4.69, 9.17) is 14.5 Å². The monoisotopic (exact) mass is 752 g/mol. The van der Waals surface area contributed by atoms with Crippen LogP contribution in [-0.2, 0) is 37.2 Å². The normalized spacial score (nSPS) is 20.9. The fourth-order valence-corrected chi connectivity index (χ4v) is 9.27. The number of amides is 3. The number of hydrogen-bond donors (Lipinski definition) is 2. The molecule has 3 amide bonds. The Labute approximate surface area is 315 Å². The summed E-state index contributed by atoms with van der Waals surface area (Å²) < 4.78 is 39.2. The van der Waals surface area contributed by atoms with Gasteiger partial charge in [0.25, 0.3) is 5.91 Å². The fraction of sp³-hybridized carbons (Fsp3) is 0.707. The van der Waals surface area contributed by atoms with Crippen LogP contribution in [0.5, 0.6) is 11.5 Å². The van der Waals surface area contributed by atoms with Crippen LogP contribution in [0, 0.1) is 11.3 Å². The summed E-state index contributed by atoms with van der Waals surface area (Å²) in [4.78, 5) is 47.7. The van der Waals surface area contributed by atoms with Crippen molar-refractivity contribution >= 4 is 38.6 Å². The molecule has 12 heteroatoms. The van der Waals surface area contributed by atoms with Gasteiger partial charge in [-0.25, -0.2) is 13.4 Å². The summed E-state index contributed by atoms with van der Waals surface area (Å²) in [5.41, 5.74) is 1.31. The van der Waals surface area contributed by atoms with E-state index >= 15 is 0 Å². The largest absolute Gasteiger partial charge is 0.497 e. The summed E-state index contributed by atoms with van der Waals surface area (Å²) in [6.45, 7) is 9.42. The highest BCUT2D eigenvalue weighted by molar-refractivity contribution is 7.91. The average Bonchev–Trinajstić information content (AvgIpc) is 4.01. The Kier molecular flexibility index (Phi) is 11.4. The number of methoxy groups -OCH3 is 1. The molecule has 3 saturated carbocycles. The van der Waals surface area contributed by atoms with Crippen molar-refractivity contribution in [1.82, 2.24) is 19.9 Å². The van der Waals surface area contributed by atoms with Gasteiger partial charge in [-0.15, -0.1) is 0 Å². The van der Waals surface area contributed by atoms with Crippen LogP contribution in [0.2, 0.25) is 0 Å². The molecule has 1 aliphatic heterocycles. The zero-order valence-electron chi connectivity index (χ0n) is 32.6. The number of nitrogens with one attached hydrogen (secondary N) is 2. The molecule has 2 heterocycles. The SMILES string of the molecule is COc1ccc2nc(CCCCCC3CCCC3)c3c(c2c1)CC[C@@H](CN(C(=O)CC(C)(C)C)[C@@H](C)C(=O)NC1(C(=O)NS(=O)(=O)C2(C)CC2)CC1)O3. The summed E-state index contributed by atoms with van der Waals surface area (Å²) in [6, 6.07) is 5.04. The molecule has 2 N–H and O–H groups in total. The number of aryl methyl sites for hydroxylation is 2. The number of carbonyl (C=O) groups is 3. The lowest BCUT2D eigenvalue weighted by Gasteiger charge is -2.36. The van der Waals surface area contributed by atoms with Crippen LogP contribution in [0.4, 0.5) is 0 Å². The smallest absolute Gasteiger partial charge is 0.259 e. The van der Waals surface area contributed by atoms with E-state index in [1.807, 2.05) is 39.0 Å². The molecule has 292 valence electrons. The average molecular weight is 753 g/mol.